The summed E-state index contributed by atoms with van der Waals surface area (Å²) in [5.74, 6) is 0. The zero-order valence-electron chi connectivity index (χ0n) is 14.9. The summed E-state index contributed by atoms with van der Waals surface area (Å²) in [5, 5.41) is 11.5. The Bertz CT molecular complexity index is 1200. The van der Waals surface area contributed by atoms with Crippen molar-refractivity contribution in [3.63, 3.8) is 0 Å². The molecule has 134 valence electrons. The van der Waals surface area contributed by atoms with Gasteiger partial charge in [0.1, 0.15) is 0 Å². The number of hydrogen-bond donors (Lipinski definition) is 0. The first-order valence-electron chi connectivity index (χ1n) is 9.06. The number of nitrogens with zero attached hydrogens (tertiary/aromatic N) is 2. The third-order valence-electron chi connectivity index (χ3n) is 5.10. The second kappa shape index (κ2) is 6.35. The van der Waals surface area contributed by atoms with Crippen molar-refractivity contribution in [2.24, 2.45) is 0 Å². The van der Waals surface area contributed by atoms with Crippen LogP contribution in [-0.2, 0) is 0 Å². The molecule has 4 heteroatoms. The van der Waals surface area contributed by atoms with Crippen LogP contribution >= 0.6 is 0 Å². The molecule has 28 heavy (non-hydrogen) atoms. The van der Waals surface area contributed by atoms with Gasteiger partial charge in [-0.3, -0.25) is 10.1 Å². The number of benzene rings is 4. The number of hydrogen-bond acceptors (Lipinski definition) is 3. The average molecular weight is 364 g/mol. The normalized spacial score (nSPS) is 11.8. The van der Waals surface area contributed by atoms with Gasteiger partial charge < -0.3 is 4.90 Å². The quantitative estimate of drug-likeness (QED) is 0.258. The molecule has 4 nitrogen and oxygen atoms in total. The summed E-state index contributed by atoms with van der Waals surface area (Å²) >= 11 is 0. The maximum atomic E-state index is 11.5. The van der Waals surface area contributed by atoms with Gasteiger partial charge in [-0.2, -0.15) is 0 Å². The van der Waals surface area contributed by atoms with E-state index in [0.29, 0.717) is 0 Å². The highest BCUT2D eigenvalue weighted by Gasteiger charge is 2.27. The Hall–Kier alpha value is -3.92. The van der Waals surface area contributed by atoms with Crippen molar-refractivity contribution in [1.29, 1.82) is 0 Å². The first-order chi connectivity index (χ1) is 13.7. The first kappa shape index (κ1) is 16.3. The molecule has 0 saturated carbocycles. The standard InChI is InChI=1S/C24H16N2O2/c27-26(28)18-14-15-22-20-11-5-4-10-19(20)21-12-6-7-13-23(21)25(24(22)16-18)17-8-2-1-3-9-17/h1-16H. The van der Waals surface area contributed by atoms with E-state index in [1.807, 2.05) is 60.7 Å². The second-order valence-electron chi connectivity index (χ2n) is 6.69. The molecule has 0 aliphatic carbocycles. The lowest BCUT2D eigenvalue weighted by molar-refractivity contribution is -0.384. The van der Waals surface area contributed by atoms with Gasteiger partial charge in [0.2, 0.25) is 0 Å². The van der Waals surface area contributed by atoms with E-state index in [-0.39, 0.29) is 10.6 Å². The predicted molar refractivity (Wildman–Crippen MR) is 112 cm³/mol. The van der Waals surface area contributed by atoms with Crippen LogP contribution in [0.15, 0.2) is 97.1 Å². The molecule has 0 N–H and O–H groups in total. The van der Waals surface area contributed by atoms with Gasteiger partial charge in [0.05, 0.1) is 16.3 Å². The molecule has 1 heterocycles. The van der Waals surface area contributed by atoms with Crippen molar-refractivity contribution in [3.05, 3.63) is 107 Å². The van der Waals surface area contributed by atoms with E-state index in [9.17, 15) is 10.1 Å². The number of anilines is 3. The highest BCUT2D eigenvalue weighted by Crippen LogP contribution is 2.51. The summed E-state index contributed by atoms with van der Waals surface area (Å²) in [7, 11) is 0. The van der Waals surface area contributed by atoms with Crippen molar-refractivity contribution in [2.75, 3.05) is 4.90 Å². The van der Waals surface area contributed by atoms with Gasteiger partial charge in [-0.15, -0.1) is 0 Å². The molecule has 0 spiro atoms. The minimum absolute atomic E-state index is 0.0801. The fraction of sp³-hybridized carbons (Fsp3) is 0. The lowest BCUT2D eigenvalue weighted by Crippen LogP contribution is -2.11. The van der Waals surface area contributed by atoms with E-state index >= 15 is 0 Å². The molecule has 0 unspecified atom stereocenters. The minimum Gasteiger partial charge on any atom is -0.309 e. The molecule has 0 radical (unpaired) electrons. The van der Waals surface area contributed by atoms with Crippen molar-refractivity contribution in [2.45, 2.75) is 0 Å². The summed E-state index contributed by atoms with van der Waals surface area (Å²) < 4.78 is 0. The summed E-state index contributed by atoms with van der Waals surface area (Å²) in [5.41, 5.74) is 7.10. The first-order valence-corrected chi connectivity index (χ1v) is 9.06. The van der Waals surface area contributed by atoms with Crippen LogP contribution in [0.5, 0.6) is 0 Å². The summed E-state index contributed by atoms with van der Waals surface area (Å²) in [6, 6.07) is 31.5. The molecule has 1 aliphatic heterocycles. The molecule has 4 aromatic rings. The average Bonchev–Trinajstić information content (AvgIpc) is 2.87. The van der Waals surface area contributed by atoms with Gasteiger partial charge >= 0.3 is 0 Å². The Kier molecular flexibility index (Phi) is 3.69. The molecule has 0 atom stereocenters. The third kappa shape index (κ3) is 2.47. The largest absolute Gasteiger partial charge is 0.309 e. The molecule has 0 bridgehead atoms. The molecular formula is C24H16N2O2. The van der Waals surface area contributed by atoms with Gasteiger partial charge in [0.25, 0.3) is 5.69 Å². The van der Waals surface area contributed by atoms with Crippen LogP contribution in [0.25, 0.3) is 22.3 Å². The highest BCUT2D eigenvalue weighted by molar-refractivity contribution is 6.02. The van der Waals surface area contributed by atoms with Crippen LogP contribution in [0.4, 0.5) is 22.7 Å². The second-order valence-corrected chi connectivity index (χ2v) is 6.69. The van der Waals surface area contributed by atoms with Crippen LogP contribution in [0.3, 0.4) is 0 Å². The summed E-state index contributed by atoms with van der Waals surface area (Å²) in [6.07, 6.45) is 0. The Labute approximate surface area is 162 Å². The van der Waals surface area contributed by atoms with Gasteiger partial charge in [0.15, 0.2) is 0 Å². The van der Waals surface area contributed by atoms with Crippen LogP contribution in [0.1, 0.15) is 0 Å². The number of rotatable bonds is 2. The van der Waals surface area contributed by atoms with Crippen molar-refractivity contribution in [1.82, 2.24) is 0 Å². The zero-order chi connectivity index (χ0) is 19.1. The summed E-state index contributed by atoms with van der Waals surface area (Å²) in [6.45, 7) is 0. The molecule has 0 aromatic heterocycles. The van der Waals surface area contributed by atoms with E-state index in [2.05, 4.69) is 29.2 Å². The topological polar surface area (TPSA) is 46.4 Å². The number of non-ortho nitro benzene ring substituents is 1. The van der Waals surface area contributed by atoms with Gasteiger partial charge in [-0.1, -0.05) is 60.7 Å². The maximum absolute atomic E-state index is 11.5. The summed E-state index contributed by atoms with van der Waals surface area (Å²) in [4.78, 5) is 13.3. The van der Waals surface area contributed by atoms with Crippen molar-refractivity contribution < 1.29 is 4.92 Å². The van der Waals surface area contributed by atoms with Crippen molar-refractivity contribution >= 4 is 22.7 Å². The molecule has 5 rings (SSSR count). The zero-order valence-corrected chi connectivity index (χ0v) is 14.9. The fourth-order valence-electron chi connectivity index (χ4n) is 3.88. The number of nitro groups is 1. The Morgan fingerprint density at radius 3 is 1.86 bits per heavy atom. The van der Waals surface area contributed by atoms with Gasteiger partial charge in [0, 0.05) is 28.9 Å². The number of para-hydroxylation sites is 2. The van der Waals surface area contributed by atoms with E-state index in [1.54, 1.807) is 12.1 Å². The van der Waals surface area contributed by atoms with Crippen molar-refractivity contribution in [3.8, 4) is 22.3 Å². The van der Waals surface area contributed by atoms with E-state index < -0.39 is 0 Å². The SMILES string of the molecule is O=[N+]([O-])c1ccc2c(c1)N(c1ccccc1)c1ccccc1-c1ccccc1-2. The van der Waals surface area contributed by atoms with Crippen LogP contribution in [-0.4, -0.2) is 4.92 Å². The molecule has 0 saturated heterocycles. The Morgan fingerprint density at radius 2 is 1.18 bits per heavy atom. The van der Waals surface area contributed by atoms with Crippen LogP contribution < -0.4 is 4.90 Å². The Balaban J connectivity index is 1.92. The third-order valence-corrected chi connectivity index (χ3v) is 5.10. The lowest BCUT2D eigenvalue weighted by Gasteiger charge is -2.27. The van der Waals surface area contributed by atoms with E-state index in [0.717, 1.165) is 39.3 Å². The molecule has 1 aliphatic rings. The molecular weight excluding hydrogens is 348 g/mol. The minimum atomic E-state index is -0.341. The fourth-order valence-corrected chi connectivity index (χ4v) is 3.88. The van der Waals surface area contributed by atoms with E-state index in [1.165, 1.54) is 0 Å². The van der Waals surface area contributed by atoms with Gasteiger partial charge in [-0.25, -0.2) is 0 Å². The number of fused-ring (bicyclic) bond motifs is 5. The van der Waals surface area contributed by atoms with Crippen LogP contribution in [0, 0.1) is 10.1 Å². The van der Waals surface area contributed by atoms with Gasteiger partial charge in [-0.05, 0) is 35.4 Å². The smallest absolute Gasteiger partial charge is 0.271 e. The predicted octanol–water partition coefficient (Wildman–Crippen LogP) is 6.71. The number of nitro benzene ring substituents is 1. The lowest BCUT2D eigenvalue weighted by atomic mass is 9.94. The molecule has 4 aromatic carbocycles. The monoisotopic (exact) mass is 364 g/mol. The molecule has 0 fully saturated rings. The maximum Gasteiger partial charge on any atom is 0.271 e. The molecule has 0 amide bonds. The van der Waals surface area contributed by atoms with E-state index in [4.69, 9.17) is 0 Å². The van der Waals surface area contributed by atoms with Crippen LogP contribution in [0.2, 0.25) is 0 Å². The Morgan fingerprint density at radius 1 is 0.607 bits per heavy atom. The highest BCUT2D eigenvalue weighted by atomic mass is 16.6.